The number of nitrogens with one attached hydrogen (secondary N) is 2. The van der Waals surface area contributed by atoms with Gasteiger partial charge in [-0.2, -0.15) is 0 Å². The Balaban J connectivity index is 3.01. The van der Waals surface area contributed by atoms with Gasteiger partial charge in [0.1, 0.15) is 5.52 Å². The van der Waals surface area contributed by atoms with E-state index in [4.69, 9.17) is 10.2 Å². The largest absolute Gasteiger partial charge is 0.417 e. The van der Waals surface area contributed by atoms with E-state index < -0.39 is 5.76 Å². The van der Waals surface area contributed by atoms with Crippen molar-refractivity contribution in [3.05, 3.63) is 28.7 Å². The molecule has 2 aromatic rings. The van der Waals surface area contributed by atoms with Gasteiger partial charge in [0.2, 0.25) is 0 Å². The first-order valence-electron chi connectivity index (χ1n) is 3.11. The minimum absolute atomic E-state index is 0.272. The summed E-state index contributed by atoms with van der Waals surface area (Å²) in [6.07, 6.45) is 0. The molecule has 0 aliphatic rings. The number of aromatic nitrogens is 1. The average molecular weight is 149 g/mol. The molecule has 0 saturated heterocycles. The number of aromatic amines is 1. The van der Waals surface area contributed by atoms with E-state index >= 15 is 0 Å². The third-order valence-electron chi connectivity index (χ3n) is 1.46. The van der Waals surface area contributed by atoms with Gasteiger partial charge in [-0.05, 0) is 12.1 Å². The lowest BCUT2D eigenvalue weighted by Gasteiger charge is -1.88. The van der Waals surface area contributed by atoms with Crippen molar-refractivity contribution in [2.45, 2.75) is 0 Å². The molecule has 55 valence electrons. The molecular formula is C7H5N2O2. The number of H-pyrrole nitrogens is 1. The highest BCUT2D eigenvalue weighted by atomic mass is 16.4. The Hall–Kier alpha value is -1.71. The summed E-state index contributed by atoms with van der Waals surface area (Å²) in [5.74, 6) is -0.514. The summed E-state index contributed by atoms with van der Waals surface area (Å²) in [6.45, 7) is 0. The Morgan fingerprint density at radius 3 is 3.00 bits per heavy atom. The topological polar surface area (TPSA) is 69.8 Å². The normalized spacial score (nSPS) is 10.5. The van der Waals surface area contributed by atoms with E-state index in [-0.39, 0.29) is 5.69 Å². The lowest BCUT2D eigenvalue weighted by molar-refractivity contribution is 0.555. The van der Waals surface area contributed by atoms with Crippen molar-refractivity contribution >= 4 is 16.8 Å². The highest BCUT2D eigenvalue weighted by Crippen LogP contribution is 2.17. The molecule has 4 heteroatoms. The Kier molecular flexibility index (Phi) is 1.03. The zero-order chi connectivity index (χ0) is 7.84. The first-order chi connectivity index (χ1) is 5.27. The lowest BCUT2D eigenvalue weighted by Crippen LogP contribution is -1.93. The van der Waals surface area contributed by atoms with Crippen LogP contribution in [0.15, 0.2) is 27.4 Å². The second-order valence-electron chi connectivity index (χ2n) is 2.19. The lowest BCUT2D eigenvalue weighted by atomic mass is 10.3. The molecule has 1 heterocycles. The molecule has 1 aromatic carbocycles. The SMILES string of the molecule is [NH]c1cccc2oc(=O)[nH]c12. The molecule has 0 atom stereocenters. The zero-order valence-electron chi connectivity index (χ0n) is 5.55. The average Bonchev–Trinajstić information content (AvgIpc) is 2.31. The molecule has 11 heavy (non-hydrogen) atoms. The standard InChI is InChI=1S/C7H5N2O2/c8-4-2-1-3-5-6(4)9-7(10)11-5/h1-3,8H,(H,9,10). The molecular weight excluding hydrogens is 144 g/mol. The second-order valence-corrected chi connectivity index (χ2v) is 2.19. The highest BCUT2D eigenvalue weighted by Gasteiger charge is 2.01. The van der Waals surface area contributed by atoms with Crippen LogP contribution in [-0.4, -0.2) is 4.98 Å². The maximum Gasteiger partial charge on any atom is 0.417 e. The van der Waals surface area contributed by atoms with E-state index in [0.29, 0.717) is 11.1 Å². The summed E-state index contributed by atoms with van der Waals surface area (Å²) in [7, 11) is 0. The van der Waals surface area contributed by atoms with E-state index in [1.165, 1.54) is 0 Å². The van der Waals surface area contributed by atoms with Gasteiger partial charge in [0.05, 0.1) is 5.69 Å². The first kappa shape index (κ1) is 6.03. The van der Waals surface area contributed by atoms with Crippen LogP contribution in [0.2, 0.25) is 0 Å². The number of para-hydroxylation sites is 1. The number of oxazole rings is 1. The van der Waals surface area contributed by atoms with Crippen LogP contribution in [0.5, 0.6) is 0 Å². The van der Waals surface area contributed by atoms with Crippen molar-refractivity contribution in [1.29, 1.82) is 0 Å². The number of hydrogen-bond acceptors (Lipinski definition) is 2. The molecule has 1 radical (unpaired) electrons. The van der Waals surface area contributed by atoms with Crippen LogP contribution in [0.25, 0.3) is 11.1 Å². The minimum Gasteiger partial charge on any atom is -0.408 e. The van der Waals surface area contributed by atoms with Gasteiger partial charge in [-0.25, -0.2) is 4.79 Å². The monoisotopic (exact) mass is 149 g/mol. The van der Waals surface area contributed by atoms with Crippen molar-refractivity contribution in [3.63, 3.8) is 0 Å². The number of benzene rings is 1. The summed E-state index contributed by atoms with van der Waals surface area (Å²) >= 11 is 0. The smallest absolute Gasteiger partial charge is 0.408 e. The molecule has 0 unspecified atom stereocenters. The first-order valence-corrected chi connectivity index (χ1v) is 3.11. The Morgan fingerprint density at radius 2 is 2.27 bits per heavy atom. The van der Waals surface area contributed by atoms with Crippen LogP contribution >= 0.6 is 0 Å². The van der Waals surface area contributed by atoms with Crippen molar-refractivity contribution < 1.29 is 4.42 Å². The fraction of sp³-hybridized carbons (Fsp3) is 0. The van der Waals surface area contributed by atoms with E-state index in [1.807, 2.05) is 0 Å². The van der Waals surface area contributed by atoms with Crippen LogP contribution in [0, 0.1) is 0 Å². The predicted molar refractivity (Wildman–Crippen MR) is 39.6 cm³/mol. The Morgan fingerprint density at radius 1 is 1.45 bits per heavy atom. The molecule has 0 aliphatic heterocycles. The van der Waals surface area contributed by atoms with Crippen LogP contribution in [0.4, 0.5) is 5.69 Å². The van der Waals surface area contributed by atoms with E-state index in [1.54, 1.807) is 18.2 Å². The zero-order valence-corrected chi connectivity index (χ0v) is 5.55. The summed E-state index contributed by atoms with van der Waals surface area (Å²) in [6, 6.07) is 4.90. The fourth-order valence-electron chi connectivity index (χ4n) is 0.973. The van der Waals surface area contributed by atoms with Crippen LogP contribution in [-0.2, 0) is 0 Å². The van der Waals surface area contributed by atoms with Crippen molar-refractivity contribution in [3.8, 4) is 0 Å². The maximum absolute atomic E-state index is 10.6. The molecule has 4 nitrogen and oxygen atoms in total. The van der Waals surface area contributed by atoms with E-state index in [2.05, 4.69) is 4.98 Å². The van der Waals surface area contributed by atoms with Gasteiger partial charge >= 0.3 is 5.76 Å². The molecule has 2 rings (SSSR count). The fourth-order valence-corrected chi connectivity index (χ4v) is 0.973. The third-order valence-corrected chi connectivity index (χ3v) is 1.46. The van der Waals surface area contributed by atoms with Gasteiger partial charge in [0.15, 0.2) is 5.58 Å². The molecule has 1 aromatic heterocycles. The third kappa shape index (κ3) is 0.797. The number of fused-ring (bicyclic) bond motifs is 1. The van der Waals surface area contributed by atoms with Crippen LogP contribution in [0.1, 0.15) is 0 Å². The van der Waals surface area contributed by atoms with Crippen molar-refractivity contribution in [2.75, 3.05) is 0 Å². The van der Waals surface area contributed by atoms with Gasteiger partial charge in [0.25, 0.3) is 0 Å². The van der Waals surface area contributed by atoms with Gasteiger partial charge < -0.3 is 4.42 Å². The van der Waals surface area contributed by atoms with Crippen LogP contribution in [0.3, 0.4) is 0 Å². The Bertz CT molecular complexity index is 441. The number of rotatable bonds is 0. The van der Waals surface area contributed by atoms with Gasteiger partial charge in [-0.1, -0.05) is 6.07 Å². The van der Waals surface area contributed by atoms with E-state index in [0.717, 1.165) is 0 Å². The van der Waals surface area contributed by atoms with Crippen LogP contribution < -0.4 is 11.5 Å². The van der Waals surface area contributed by atoms with Crippen molar-refractivity contribution in [2.24, 2.45) is 0 Å². The van der Waals surface area contributed by atoms with Gasteiger partial charge in [-0.3, -0.25) is 10.7 Å². The molecule has 0 amide bonds. The quantitative estimate of drug-likeness (QED) is 0.607. The molecule has 0 spiro atoms. The Labute approximate surface area is 61.6 Å². The predicted octanol–water partition coefficient (Wildman–Crippen LogP) is 1.04. The van der Waals surface area contributed by atoms with Crippen molar-refractivity contribution in [1.82, 2.24) is 10.7 Å². The van der Waals surface area contributed by atoms with Gasteiger partial charge in [-0.15, -0.1) is 0 Å². The van der Waals surface area contributed by atoms with Gasteiger partial charge in [0, 0.05) is 0 Å². The summed E-state index contributed by atoms with van der Waals surface area (Å²) in [4.78, 5) is 13.1. The number of hydrogen-bond donors (Lipinski definition) is 1. The molecule has 0 fully saturated rings. The molecule has 0 bridgehead atoms. The summed E-state index contributed by atoms with van der Waals surface area (Å²) in [5.41, 5.74) is 8.51. The molecule has 2 N–H and O–H groups in total. The molecule has 0 saturated carbocycles. The summed E-state index contributed by atoms with van der Waals surface area (Å²) < 4.78 is 4.72. The maximum atomic E-state index is 10.6. The second kappa shape index (κ2) is 1.88. The highest BCUT2D eigenvalue weighted by molar-refractivity contribution is 5.83. The molecule has 0 aliphatic carbocycles. The minimum atomic E-state index is -0.514. The summed E-state index contributed by atoms with van der Waals surface area (Å²) in [5, 5.41) is 0. The van der Waals surface area contributed by atoms with E-state index in [9.17, 15) is 4.79 Å².